The van der Waals surface area contributed by atoms with Crippen molar-refractivity contribution >= 4 is 11.6 Å². The molecule has 1 rings (SSSR count). The lowest BCUT2D eigenvalue weighted by molar-refractivity contribution is -0.128. The van der Waals surface area contributed by atoms with Gasteiger partial charge in [0.25, 0.3) is 6.43 Å². The van der Waals surface area contributed by atoms with Crippen molar-refractivity contribution in [3.8, 4) is 0 Å². The van der Waals surface area contributed by atoms with Gasteiger partial charge in [-0.1, -0.05) is 0 Å². The summed E-state index contributed by atoms with van der Waals surface area (Å²) < 4.78 is 25.7. The van der Waals surface area contributed by atoms with Crippen LogP contribution in [-0.2, 0) is 11.3 Å². The Morgan fingerprint density at radius 3 is 2.35 bits per heavy atom. The van der Waals surface area contributed by atoms with Crippen molar-refractivity contribution in [3.05, 3.63) is 17.0 Å². The van der Waals surface area contributed by atoms with E-state index in [1.54, 1.807) is 18.5 Å². The van der Waals surface area contributed by atoms with Crippen LogP contribution < -0.4 is 0 Å². The van der Waals surface area contributed by atoms with Gasteiger partial charge in [-0.3, -0.25) is 14.3 Å². The molecule has 6 heteroatoms. The van der Waals surface area contributed by atoms with Gasteiger partial charge in [0.1, 0.15) is 0 Å². The van der Waals surface area contributed by atoms with Crippen LogP contribution in [0, 0.1) is 13.8 Å². The summed E-state index contributed by atoms with van der Waals surface area (Å²) in [5.41, 5.74) is 1.36. The van der Waals surface area contributed by atoms with Crippen LogP contribution in [0.25, 0.3) is 0 Å². The molecule has 0 spiro atoms. The molecule has 0 atom stereocenters. The topological polar surface area (TPSA) is 52.0 Å². The van der Waals surface area contributed by atoms with Crippen LogP contribution in [0.1, 0.15) is 35.1 Å². The lowest BCUT2D eigenvalue weighted by Gasteiger charge is -2.02. The standard InChI is InChI=1S/C11H14F2N2O2/c1-4-15-7(3)10(6(2)14-15)8(16)5-9(17)11(12)13/h11H,4-5H2,1-3H3. The molecule has 0 aromatic carbocycles. The SMILES string of the molecule is CCn1nc(C)c(C(=O)CC(=O)C(F)F)c1C. The van der Waals surface area contributed by atoms with Crippen LogP contribution in [-0.4, -0.2) is 27.8 Å². The molecule has 0 aliphatic heterocycles. The summed E-state index contributed by atoms with van der Waals surface area (Å²) in [6, 6.07) is 0. The highest BCUT2D eigenvalue weighted by Gasteiger charge is 2.24. The molecule has 1 aromatic rings. The third-order valence-corrected chi connectivity index (χ3v) is 2.54. The first-order chi connectivity index (χ1) is 7.88. The molecule has 94 valence electrons. The maximum absolute atomic E-state index is 12.1. The summed E-state index contributed by atoms with van der Waals surface area (Å²) in [6.45, 7) is 5.75. The van der Waals surface area contributed by atoms with Crippen molar-refractivity contribution in [1.82, 2.24) is 9.78 Å². The molecule has 0 aliphatic rings. The Balaban J connectivity index is 2.97. The highest BCUT2D eigenvalue weighted by molar-refractivity contribution is 6.09. The van der Waals surface area contributed by atoms with Gasteiger partial charge in [-0.2, -0.15) is 5.10 Å². The molecule has 0 aliphatic carbocycles. The van der Waals surface area contributed by atoms with E-state index in [0.717, 1.165) is 0 Å². The van der Waals surface area contributed by atoms with E-state index < -0.39 is 24.4 Å². The van der Waals surface area contributed by atoms with Gasteiger partial charge in [0.05, 0.1) is 17.7 Å². The molecule has 0 saturated heterocycles. The van der Waals surface area contributed by atoms with Crippen LogP contribution in [0.2, 0.25) is 0 Å². The molecule has 0 saturated carbocycles. The number of hydrogen-bond donors (Lipinski definition) is 0. The molecule has 0 amide bonds. The fourth-order valence-corrected chi connectivity index (χ4v) is 1.73. The van der Waals surface area contributed by atoms with E-state index in [1.165, 1.54) is 0 Å². The first kappa shape index (κ1) is 13.5. The van der Waals surface area contributed by atoms with E-state index in [1.807, 2.05) is 6.92 Å². The summed E-state index contributed by atoms with van der Waals surface area (Å²) in [7, 11) is 0. The molecule has 17 heavy (non-hydrogen) atoms. The van der Waals surface area contributed by atoms with Crippen LogP contribution in [0.5, 0.6) is 0 Å². The molecule has 1 aromatic heterocycles. The molecule has 0 fully saturated rings. The molecular weight excluding hydrogens is 230 g/mol. The maximum Gasteiger partial charge on any atom is 0.296 e. The zero-order chi connectivity index (χ0) is 13.2. The van der Waals surface area contributed by atoms with Crippen molar-refractivity contribution < 1.29 is 18.4 Å². The van der Waals surface area contributed by atoms with Gasteiger partial charge in [-0.15, -0.1) is 0 Å². The Labute approximate surface area is 97.6 Å². The van der Waals surface area contributed by atoms with Crippen molar-refractivity contribution in [3.63, 3.8) is 0 Å². The van der Waals surface area contributed by atoms with Crippen LogP contribution in [0.15, 0.2) is 0 Å². The van der Waals surface area contributed by atoms with Gasteiger partial charge in [0, 0.05) is 12.2 Å². The Morgan fingerprint density at radius 2 is 1.94 bits per heavy atom. The number of Topliss-reactive ketones (excluding diaryl/α,β-unsaturated/α-hetero) is 2. The number of carbonyl (C=O) groups is 2. The number of ketones is 2. The van der Waals surface area contributed by atoms with E-state index >= 15 is 0 Å². The number of rotatable bonds is 5. The summed E-state index contributed by atoms with van der Waals surface area (Å²) in [5.74, 6) is -1.94. The molecule has 0 unspecified atom stereocenters. The minimum atomic E-state index is -3.10. The molecular formula is C11H14F2N2O2. The Kier molecular flexibility index (Phi) is 4.09. The van der Waals surface area contributed by atoms with Gasteiger partial charge in [-0.25, -0.2) is 8.78 Å². The number of nitrogens with zero attached hydrogens (tertiary/aromatic N) is 2. The van der Waals surface area contributed by atoms with E-state index in [4.69, 9.17) is 0 Å². The normalized spacial score (nSPS) is 10.9. The average Bonchev–Trinajstić information content (AvgIpc) is 2.53. The predicted molar refractivity (Wildman–Crippen MR) is 57.3 cm³/mol. The van der Waals surface area contributed by atoms with Crippen molar-refractivity contribution in [2.24, 2.45) is 0 Å². The fourth-order valence-electron chi connectivity index (χ4n) is 1.73. The molecule has 0 N–H and O–H groups in total. The van der Waals surface area contributed by atoms with Crippen LogP contribution in [0.3, 0.4) is 0 Å². The Morgan fingerprint density at radius 1 is 1.35 bits per heavy atom. The van der Waals surface area contributed by atoms with E-state index in [2.05, 4.69) is 5.10 Å². The first-order valence-corrected chi connectivity index (χ1v) is 5.26. The van der Waals surface area contributed by atoms with Crippen LogP contribution >= 0.6 is 0 Å². The summed E-state index contributed by atoms with van der Waals surface area (Å²) in [6.07, 6.45) is -3.87. The monoisotopic (exact) mass is 244 g/mol. The van der Waals surface area contributed by atoms with Gasteiger partial charge in [-0.05, 0) is 20.8 Å². The second-order valence-corrected chi connectivity index (χ2v) is 3.73. The largest absolute Gasteiger partial charge is 0.296 e. The van der Waals surface area contributed by atoms with Gasteiger partial charge in [0.2, 0.25) is 5.78 Å². The summed E-state index contributed by atoms with van der Waals surface area (Å²) in [5, 5.41) is 4.10. The van der Waals surface area contributed by atoms with Gasteiger partial charge < -0.3 is 0 Å². The van der Waals surface area contributed by atoms with Crippen LogP contribution in [0.4, 0.5) is 8.78 Å². The highest BCUT2D eigenvalue weighted by Crippen LogP contribution is 2.16. The molecule has 0 radical (unpaired) electrons. The zero-order valence-electron chi connectivity index (χ0n) is 9.96. The summed E-state index contributed by atoms with van der Waals surface area (Å²) in [4.78, 5) is 22.6. The third kappa shape index (κ3) is 2.75. The van der Waals surface area contributed by atoms with E-state index in [9.17, 15) is 18.4 Å². The number of aryl methyl sites for hydroxylation is 2. The lowest BCUT2D eigenvalue weighted by atomic mass is 10.0. The second kappa shape index (κ2) is 5.16. The van der Waals surface area contributed by atoms with E-state index in [-0.39, 0.29) is 5.56 Å². The second-order valence-electron chi connectivity index (χ2n) is 3.73. The van der Waals surface area contributed by atoms with Gasteiger partial charge >= 0.3 is 0 Å². The predicted octanol–water partition coefficient (Wildman–Crippen LogP) is 1.93. The minimum Gasteiger partial charge on any atom is -0.294 e. The van der Waals surface area contributed by atoms with E-state index in [0.29, 0.717) is 17.9 Å². The number of alkyl halides is 2. The van der Waals surface area contributed by atoms with Crippen molar-refractivity contribution in [2.75, 3.05) is 0 Å². The maximum atomic E-state index is 12.1. The number of carbonyl (C=O) groups excluding carboxylic acids is 2. The molecule has 0 bridgehead atoms. The average molecular weight is 244 g/mol. The third-order valence-electron chi connectivity index (χ3n) is 2.54. The number of halogens is 2. The fraction of sp³-hybridized carbons (Fsp3) is 0.545. The van der Waals surface area contributed by atoms with Gasteiger partial charge in [0.15, 0.2) is 5.78 Å². The summed E-state index contributed by atoms with van der Waals surface area (Å²) >= 11 is 0. The van der Waals surface area contributed by atoms with Crippen molar-refractivity contribution in [2.45, 2.75) is 40.2 Å². The van der Waals surface area contributed by atoms with Crippen molar-refractivity contribution in [1.29, 1.82) is 0 Å². The first-order valence-electron chi connectivity index (χ1n) is 5.26. The minimum absolute atomic E-state index is 0.279. The number of aromatic nitrogens is 2. The molecule has 1 heterocycles. The Hall–Kier alpha value is -1.59. The zero-order valence-corrected chi connectivity index (χ0v) is 9.96. The number of hydrogen-bond acceptors (Lipinski definition) is 3. The highest BCUT2D eigenvalue weighted by atomic mass is 19.3. The lowest BCUT2D eigenvalue weighted by Crippen LogP contribution is -2.16. The quantitative estimate of drug-likeness (QED) is 0.587. The smallest absolute Gasteiger partial charge is 0.294 e. The molecule has 4 nitrogen and oxygen atoms in total. The Bertz CT molecular complexity index is 453.